The molecule has 4 rings (SSSR count). The van der Waals surface area contributed by atoms with Crippen LogP contribution in [0.25, 0.3) is 0 Å². The van der Waals surface area contributed by atoms with Gasteiger partial charge in [-0.2, -0.15) is 0 Å². The molecule has 0 bridgehead atoms. The number of amides is 1. The molecule has 0 N–H and O–H groups in total. The van der Waals surface area contributed by atoms with E-state index in [1.807, 2.05) is 30.2 Å². The molecule has 124 valence electrons. The largest absolute Gasteiger partial charge is 0.355 e. The summed E-state index contributed by atoms with van der Waals surface area (Å²) in [4.78, 5) is 25.9. The van der Waals surface area contributed by atoms with Gasteiger partial charge in [0.05, 0.1) is 11.9 Å². The van der Waals surface area contributed by atoms with Crippen molar-refractivity contribution in [1.29, 1.82) is 0 Å². The monoisotopic (exact) mass is 322 g/mol. The predicted molar refractivity (Wildman–Crippen MR) is 94.2 cm³/mol. The molecule has 0 unspecified atom stereocenters. The van der Waals surface area contributed by atoms with Crippen LogP contribution in [0.1, 0.15) is 24.1 Å². The zero-order chi connectivity index (χ0) is 16.5. The molecule has 0 radical (unpaired) electrons. The van der Waals surface area contributed by atoms with Crippen molar-refractivity contribution in [2.24, 2.45) is 5.92 Å². The van der Waals surface area contributed by atoms with Gasteiger partial charge in [-0.25, -0.2) is 4.98 Å². The van der Waals surface area contributed by atoms with Crippen molar-refractivity contribution in [2.45, 2.75) is 26.2 Å². The Hall–Kier alpha value is -2.43. The highest BCUT2D eigenvalue weighted by molar-refractivity contribution is 5.97. The number of para-hydroxylation sites is 1. The highest BCUT2D eigenvalue weighted by atomic mass is 16.2. The van der Waals surface area contributed by atoms with Crippen LogP contribution in [0.2, 0.25) is 0 Å². The molecule has 1 aromatic carbocycles. The minimum absolute atomic E-state index is 0.116. The third-order valence-electron chi connectivity index (χ3n) is 5.06. The number of aryl methyl sites for hydroxylation is 1. The Morgan fingerprint density at radius 3 is 2.71 bits per heavy atom. The van der Waals surface area contributed by atoms with E-state index in [1.54, 1.807) is 6.20 Å². The first-order valence-electron chi connectivity index (χ1n) is 8.65. The van der Waals surface area contributed by atoms with Crippen molar-refractivity contribution < 1.29 is 4.79 Å². The van der Waals surface area contributed by atoms with Crippen LogP contribution in [-0.2, 0) is 11.2 Å². The molecule has 24 heavy (non-hydrogen) atoms. The number of piperidine rings is 1. The fourth-order valence-electron chi connectivity index (χ4n) is 3.75. The Morgan fingerprint density at radius 1 is 1.12 bits per heavy atom. The number of hydrogen-bond acceptors (Lipinski definition) is 4. The maximum atomic E-state index is 12.9. The molecule has 5 heteroatoms. The summed E-state index contributed by atoms with van der Waals surface area (Å²) >= 11 is 0. The molecule has 1 amide bonds. The van der Waals surface area contributed by atoms with Gasteiger partial charge in [0.15, 0.2) is 0 Å². The first-order chi connectivity index (χ1) is 11.7. The van der Waals surface area contributed by atoms with E-state index in [9.17, 15) is 4.79 Å². The maximum Gasteiger partial charge on any atom is 0.230 e. The van der Waals surface area contributed by atoms with Gasteiger partial charge in [0.25, 0.3) is 0 Å². The minimum Gasteiger partial charge on any atom is -0.355 e. The van der Waals surface area contributed by atoms with E-state index in [-0.39, 0.29) is 11.8 Å². The number of nitrogens with zero attached hydrogens (tertiary/aromatic N) is 4. The molecule has 3 heterocycles. The van der Waals surface area contributed by atoms with Crippen LogP contribution < -0.4 is 9.80 Å². The second-order valence-electron chi connectivity index (χ2n) is 6.65. The van der Waals surface area contributed by atoms with Gasteiger partial charge in [0.2, 0.25) is 5.91 Å². The Labute approximate surface area is 142 Å². The molecular formula is C19H22N4O. The van der Waals surface area contributed by atoms with Gasteiger partial charge < -0.3 is 9.80 Å². The van der Waals surface area contributed by atoms with Crippen LogP contribution >= 0.6 is 0 Å². The summed E-state index contributed by atoms with van der Waals surface area (Å²) in [5, 5.41) is 0. The van der Waals surface area contributed by atoms with Gasteiger partial charge in [0, 0.05) is 37.4 Å². The van der Waals surface area contributed by atoms with E-state index in [4.69, 9.17) is 0 Å². The highest BCUT2D eigenvalue weighted by Gasteiger charge is 2.32. The average molecular weight is 322 g/mol. The van der Waals surface area contributed by atoms with Crippen molar-refractivity contribution >= 4 is 17.4 Å². The van der Waals surface area contributed by atoms with Crippen LogP contribution in [-0.4, -0.2) is 35.5 Å². The van der Waals surface area contributed by atoms with E-state index in [1.165, 1.54) is 5.56 Å². The molecule has 2 aliphatic rings. The molecule has 5 nitrogen and oxygen atoms in total. The standard InChI is InChI=1S/C19H22N4O/c1-14-12-20-13-18(21-14)22-9-6-16(7-10-22)19(24)23-11-8-15-4-2-3-5-17(15)23/h2-5,12-13,16H,6-11H2,1H3. The lowest BCUT2D eigenvalue weighted by Crippen LogP contribution is -2.42. The lowest BCUT2D eigenvalue weighted by atomic mass is 9.95. The van der Waals surface area contributed by atoms with Gasteiger partial charge in [-0.1, -0.05) is 18.2 Å². The van der Waals surface area contributed by atoms with Crippen LogP contribution in [0.4, 0.5) is 11.5 Å². The molecule has 0 saturated carbocycles. The molecule has 2 aliphatic heterocycles. The van der Waals surface area contributed by atoms with Crippen molar-refractivity contribution in [2.75, 3.05) is 29.4 Å². The van der Waals surface area contributed by atoms with Gasteiger partial charge in [-0.3, -0.25) is 9.78 Å². The second kappa shape index (κ2) is 6.23. The van der Waals surface area contributed by atoms with E-state index < -0.39 is 0 Å². The number of aromatic nitrogens is 2. The second-order valence-corrected chi connectivity index (χ2v) is 6.65. The summed E-state index contributed by atoms with van der Waals surface area (Å²) in [6, 6.07) is 8.26. The third kappa shape index (κ3) is 2.75. The van der Waals surface area contributed by atoms with Gasteiger partial charge in [0.1, 0.15) is 5.82 Å². The fraction of sp³-hybridized carbons (Fsp3) is 0.421. The summed E-state index contributed by atoms with van der Waals surface area (Å²) in [6.45, 7) is 4.51. The minimum atomic E-state index is 0.116. The zero-order valence-electron chi connectivity index (χ0n) is 14.0. The quantitative estimate of drug-likeness (QED) is 0.853. The predicted octanol–water partition coefficient (Wildman–Crippen LogP) is 2.59. The SMILES string of the molecule is Cc1cncc(N2CCC(C(=O)N3CCc4ccccc43)CC2)n1. The highest BCUT2D eigenvalue weighted by Crippen LogP contribution is 2.31. The Bertz CT molecular complexity index is 753. The van der Waals surface area contributed by atoms with Crippen molar-refractivity contribution in [3.8, 4) is 0 Å². The molecule has 1 aromatic heterocycles. The summed E-state index contributed by atoms with van der Waals surface area (Å²) in [5.74, 6) is 1.33. The smallest absolute Gasteiger partial charge is 0.230 e. The molecule has 1 saturated heterocycles. The normalized spacial score (nSPS) is 17.9. The summed E-state index contributed by atoms with van der Waals surface area (Å²) in [5.41, 5.74) is 3.33. The average Bonchev–Trinajstić information content (AvgIpc) is 3.05. The molecule has 1 fully saturated rings. The first kappa shape index (κ1) is 15.1. The molecular weight excluding hydrogens is 300 g/mol. The van der Waals surface area contributed by atoms with E-state index in [2.05, 4.69) is 27.0 Å². The van der Waals surface area contributed by atoms with Crippen LogP contribution in [0, 0.1) is 12.8 Å². The lowest BCUT2D eigenvalue weighted by Gasteiger charge is -2.33. The Morgan fingerprint density at radius 2 is 1.92 bits per heavy atom. The molecule has 2 aromatic rings. The van der Waals surface area contributed by atoms with Crippen LogP contribution in [0.15, 0.2) is 36.7 Å². The number of carbonyl (C=O) groups excluding carboxylic acids is 1. The number of benzene rings is 1. The van der Waals surface area contributed by atoms with Crippen molar-refractivity contribution in [3.05, 3.63) is 47.9 Å². The number of anilines is 2. The zero-order valence-corrected chi connectivity index (χ0v) is 14.0. The van der Waals surface area contributed by atoms with E-state index in [0.29, 0.717) is 0 Å². The lowest BCUT2D eigenvalue weighted by molar-refractivity contribution is -0.122. The van der Waals surface area contributed by atoms with E-state index in [0.717, 1.165) is 56.1 Å². The van der Waals surface area contributed by atoms with Gasteiger partial charge >= 0.3 is 0 Å². The number of rotatable bonds is 2. The van der Waals surface area contributed by atoms with Crippen molar-refractivity contribution in [1.82, 2.24) is 9.97 Å². The number of fused-ring (bicyclic) bond motifs is 1. The van der Waals surface area contributed by atoms with Crippen LogP contribution in [0.3, 0.4) is 0 Å². The summed E-state index contributed by atoms with van der Waals surface area (Å²) in [6.07, 6.45) is 6.32. The first-order valence-corrected chi connectivity index (χ1v) is 8.65. The van der Waals surface area contributed by atoms with Gasteiger partial charge in [-0.15, -0.1) is 0 Å². The molecule has 0 aliphatic carbocycles. The van der Waals surface area contributed by atoms with Crippen LogP contribution in [0.5, 0.6) is 0 Å². The van der Waals surface area contributed by atoms with Crippen molar-refractivity contribution in [3.63, 3.8) is 0 Å². The van der Waals surface area contributed by atoms with Gasteiger partial charge in [-0.05, 0) is 37.8 Å². The summed E-state index contributed by atoms with van der Waals surface area (Å²) < 4.78 is 0. The molecule has 0 atom stereocenters. The maximum absolute atomic E-state index is 12.9. The number of hydrogen-bond donors (Lipinski definition) is 0. The number of carbonyl (C=O) groups is 1. The third-order valence-corrected chi connectivity index (χ3v) is 5.06. The Balaban J connectivity index is 1.42. The topological polar surface area (TPSA) is 49.3 Å². The van der Waals surface area contributed by atoms with E-state index >= 15 is 0 Å². The fourth-order valence-corrected chi connectivity index (χ4v) is 3.75. The molecule has 0 spiro atoms. The summed E-state index contributed by atoms with van der Waals surface area (Å²) in [7, 11) is 0. The Kier molecular flexibility index (Phi) is 3.92.